The molecule has 2 N–H and O–H groups in total. The molecule has 0 spiro atoms. The van der Waals surface area contributed by atoms with Crippen molar-refractivity contribution in [2.75, 3.05) is 13.1 Å². The van der Waals surface area contributed by atoms with E-state index in [9.17, 15) is 4.79 Å². The average Bonchev–Trinajstić information content (AvgIpc) is 3.30. The van der Waals surface area contributed by atoms with E-state index in [0.29, 0.717) is 5.69 Å². The summed E-state index contributed by atoms with van der Waals surface area (Å²) in [4.78, 5) is 12.8. The lowest BCUT2D eigenvalue weighted by Gasteiger charge is -2.17. The molecule has 0 radical (unpaired) electrons. The van der Waals surface area contributed by atoms with Gasteiger partial charge in [0.05, 0.1) is 6.04 Å². The van der Waals surface area contributed by atoms with E-state index in [1.165, 1.54) is 16.3 Å². The molecule has 4 rings (SSSR count). The SMILES string of the molecule is C[C@@H](NC(=O)c1cc(C2=CCNC2)cn1C)c1cccc2ccccc12. The maximum atomic E-state index is 12.8. The van der Waals surface area contributed by atoms with Crippen molar-refractivity contribution in [3.05, 3.63) is 77.6 Å². The number of nitrogens with zero attached hydrogens (tertiary/aromatic N) is 1. The van der Waals surface area contributed by atoms with Crippen molar-refractivity contribution in [3.8, 4) is 0 Å². The van der Waals surface area contributed by atoms with Crippen LogP contribution in [0.2, 0.25) is 0 Å². The van der Waals surface area contributed by atoms with Crippen LogP contribution in [0.5, 0.6) is 0 Å². The van der Waals surface area contributed by atoms with Crippen molar-refractivity contribution in [1.82, 2.24) is 15.2 Å². The quantitative estimate of drug-likeness (QED) is 0.758. The maximum absolute atomic E-state index is 12.8. The van der Waals surface area contributed by atoms with E-state index < -0.39 is 0 Å². The number of fused-ring (bicyclic) bond motifs is 1. The number of aromatic nitrogens is 1. The van der Waals surface area contributed by atoms with Gasteiger partial charge in [-0.15, -0.1) is 0 Å². The second-order valence-electron chi connectivity index (χ2n) is 6.85. The average molecular weight is 345 g/mol. The first-order chi connectivity index (χ1) is 12.6. The zero-order chi connectivity index (χ0) is 18.1. The van der Waals surface area contributed by atoms with Crippen molar-refractivity contribution < 1.29 is 4.79 Å². The summed E-state index contributed by atoms with van der Waals surface area (Å²) in [6.07, 6.45) is 4.20. The molecule has 0 aliphatic carbocycles. The summed E-state index contributed by atoms with van der Waals surface area (Å²) in [5.74, 6) is -0.0502. The van der Waals surface area contributed by atoms with Gasteiger partial charge in [-0.1, -0.05) is 48.5 Å². The van der Waals surface area contributed by atoms with Crippen LogP contribution in [-0.2, 0) is 7.05 Å². The number of rotatable bonds is 4. The highest BCUT2D eigenvalue weighted by molar-refractivity contribution is 5.95. The number of amides is 1. The topological polar surface area (TPSA) is 46.1 Å². The molecule has 3 aromatic rings. The van der Waals surface area contributed by atoms with Gasteiger partial charge in [-0.25, -0.2) is 0 Å². The molecular formula is C22H23N3O. The molecule has 0 fully saturated rings. The van der Waals surface area contributed by atoms with Crippen molar-refractivity contribution in [2.24, 2.45) is 7.05 Å². The Morgan fingerprint density at radius 3 is 2.81 bits per heavy atom. The molecule has 1 aliphatic heterocycles. The van der Waals surface area contributed by atoms with Crippen LogP contribution in [0.3, 0.4) is 0 Å². The Morgan fingerprint density at radius 2 is 2.00 bits per heavy atom. The van der Waals surface area contributed by atoms with Crippen LogP contribution in [0.4, 0.5) is 0 Å². The fraction of sp³-hybridized carbons (Fsp3) is 0.227. The second-order valence-corrected chi connectivity index (χ2v) is 6.85. The number of benzene rings is 2. The van der Waals surface area contributed by atoms with Crippen LogP contribution < -0.4 is 10.6 Å². The molecule has 1 atom stereocenters. The van der Waals surface area contributed by atoms with E-state index >= 15 is 0 Å². The van der Waals surface area contributed by atoms with E-state index in [1.807, 2.05) is 49.0 Å². The smallest absolute Gasteiger partial charge is 0.268 e. The Hall–Kier alpha value is -2.85. The van der Waals surface area contributed by atoms with Crippen molar-refractivity contribution >= 4 is 22.3 Å². The van der Waals surface area contributed by atoms with Crippen LogP contribution >= 0.6 is 0 Å². The van der Waals surface area contributed by atoms with Crippen LogP contribution in [0.1, 0.15) is 34.6 Å². The highest BCUT2D eigenvalue weighted by atomic mass is 16.2. The van der Waals surface area contributed by atoms with Gasteiger partial charge in [0.2, 0.25) is 0 Å². The molecular weight excluding hydrogens is 322 g/mol. The van der Waals surface area contributed by atoms with E-state index in [-0.39, 0.29) is 11.9 Å². The first-order valence-electron chi connectivity index (χ1n) is 8.98. The molecule has 1 amide bonds. The monoisotopic (exact) mass is 345 g/mol. The molecule has 2 aromatic carbocycles. The summed E-state index contributed by atoms with van der Waals surface area (Å²) in [7, 11) is 1.92. The van der Waals surface area contributed by atoms with Gasteiger partial charge in [0, 0.05) is 26.3 Å². The lowest BCUT2D eigenvalue weighted by Crippen LogP contribution is -2.28. The Bertz CT molecular complexity index is 994. The number of nitrogens with one attached hydrogen (secondary N) is 2. The first-order valence-corrected chi connectivity index (χ1v) is 8.98. The van der Waals surface area contributed by atoms with E-state index in [1.54, 1.807) is 0 Å². The molecule has 4 nitrogen and oxygen atoms in total. The lowest BCUT2D eigenvalue weighted by molar-refractivity contribution is 0.0932. The summed E-state index contributed by atoms with van der Waals surface area (Å²) in [6, 6.07) is 16.4. The molecule has 1 aromatic heterocycles. The predicted molar refractivity (Wildman–Crippen MR) is 106 cm³/mol. The molecule has 1 aliphatic rings. The molecule has 2 heterocycles. The highest BCUT2D eigenvalue weighted by Gasteiger charge is 2.18. The van der Waals surface area contributed by atoms with Crippen molar-refractivity contribution in [3.63, 3.8) is 0 Å². The number of aryl methyl sites for hydroxylation is 1. The van der Waals surface area contributed by atoms with E-state index in [4.69, 9.17) is 0 Å². The third-order valence-electron chi connectivity index (χ3n) is 5.05. The highest BCUT2D eigenvalue weighted by Crippen LogP contribution is 2.25. The Balaban J connectivity index is 1.58. The summed E-state index contributed by atoms with van der Waals surface area (Å²) >= 11 is 0. The lowest BCUT2D eigenvalue weighted by atomic mass is 9.99. The Kier molecular flexibility index (Phi) is 4.35. The molecule has 0 bridgehead atoms. The number of carbonyl (C=O) groups excluding carboxylic acids is 1. The summed E-state index contributed by atoms with van der Waals surface area (Å²) in [5, 5.41) is 8.82. The molecule has 4 heteroatoms. The zero-order valence-electron chi connectivity index (χ0n) is 15.1. The first kappa shape index (κ1) is 16.6. The summed E-state index contributed by atoms with van der Waals surface area (Å²) < 4.78 is 1.90. The third kappa shape index (κ3) is 3.04. The van der Waals surface area contributed by atoms with Gasteiger partial charge in [0.25, 0.3) is 5.91 Å². The standard InChI is InChI=1S/C22H23N3O/c1-15(19-9-5-7-16-6-3-4-8-20(16)19)24-22(26)21-12-18(14-25(21)2)17-10-11-23-13-17/h3-10,12,14-15,23H,11,13H2,1-2H3,(H,24,26)/t15-/m1/s1. The summed E-state index contributed by atoms with van der Waals surface area (Å²) in [5.41, 5.74) is 4.18. The zero-order valence-corrected chi connectivity index (χ0v) is 15.1. The number of hydrogen-bond acceptors (Lipinski definition) is 2. The maximum Gasteiger partial charge on any atom is 0.268 e. The largest absolute Gasteiger partial charge is 0.346 e. The predicted octanol–water partition coefficient (Wildman–Crippen LogP) is 3.66. The second kappa shape index (κ2) is 6.81. The van der Waals surface area contributed by atoms with Gasteiger partial charge < -0.3 is 15.2 Å². The third-order valence-corrected chi connectivity index (χ3v) is 5.05. The van der Waals surface area contributed by atoms with Crippen molar-refractivity contribution in [2.45, 2.75) is 13.0 Å². The van der Waals surface area contributed by atoms with Gasteiger partial charge in [-0.2, -0.15) is 0 Å². The minimum atomic E-state index is -0.0701. The molecule has 0 saturated carbocycles. The van der Waals surface area contributed by atoms with Crippen LogP contribution in [0.25, 0.3) is 16.3 Å². The fourth-order valence-corrected chi connectivity index (χ4v) is 3.64. The minimum absolute atomic E-state index is 0.0502. The van der Waals surface area contributed by atoms with Crippen LogP contribution in [0.15, 0.2) is 60.8 Å². The normalized spacial score (nSPS) is 15.1. The molecule has 0 saturated heterocycles. The Morgan fingerprint density at radius 1 is 1.19 bits per heavy atom. The molecule has 26 heavy (non-hydrogen) atoms. The minimum Gasteiger partial charge on any atom is -0.346 e. The van der Waals surface area contributed by atoms with Crippen molar-refractivity contribution in [1.29, 1.82) is 0 Å². The summed E-state index contributed by atoms with van der Waals surface area (Å²) in [6.45, 7) is 3.79. The molecule has 0 unspecified atom stereocenters. The fourth-order valence-electron chi connectivity index (χ4n) is 3.64. The van der Waals surface area contributed by atoms with Crippen LogP contribution in [0, 0.1) is 0 Å². The van der Waals surface area contributed by atoms with Crippen LogP contribution in [-0.4, -0.2) is 23.6 Å². The van der Waals surface area contributed by atoms with Gasteiger partial charge in [0.15, 0.2) is 0 Å². The van der Waals surface area contributed by atoms with Gasteiger partial charge in [-0.3, -0.25) is 4.79 Å². The van der Waals surface area contributed by atoms with E-state index in [2.05, 4.69) is 41.0 Å². The van der Waals surface area contributed by atoms with Gasteiger partial charge >= 0.3 is 0 Å². The Labute approximate surface area is 153 Å². The van der Waals surface area contributed by atoms with Gasteiger partial charge in [0.1, 0.15) is 5.69 Å². The number of carbonyl (C=O) groups is 1. The number of hydrogen-bond donors (Lipinski definition) is 2. The van der Waals surface area contributed by atoms with E-state index in [0.717, 1.165) is 24.2 Å². The molecule has 132 valence electrons. The van der Waals surface area contributed by atoms with Gasteiger partial charge in [-0.05, 0) is 40.5 Å².